The van der Waals surface area contributed by atoms with Crippen LogP contribution in [0.15, 0.2) is 36.7 Å². The fraction of sp³-hybridized carbons (Fsp3) is 0.353. The molecule has 22 heavy (non-hydrogen) atoms. The lowest BCUT2D eigenvalue weighted by atomic mass is 9.96. The largest absolute Gasteiger partial charge is 0.331 e. The van der Waals surface area contributed by atoms with Gasteiger partial charge in [0.1, 0.15) is 0 Å². The molecule has 1 aliphatic rings. The summed E-state index contributed by atoms with van der Waals surface area (Å²) in [5.74, 6) is -0.00865. The molecule has 0 unspecified atom stereocenters. The Morgan fingerprint density at radius 2 is 2.27 bits per heavy atom. The maximum absolute atomic E-state index is 12.8. The smallest absolute Gasteiger partial charge is 0.254 e. The first-order chi connectivity index (χ1) is 10.7. The summed E-state index contributed by atoms with van der Waals surface area (Å²) in [6, 6.07) is 9.07. The fourth-order valence-electron chi connectivity index (χ4n) is 3.02. The maximum Gasteiger partial charge on any atom is 0.254 e. The summed E-state index contributed by atoms with van der Waals surface area (Å²) in [5, 5.41) is 13.2. The molecule has 1 aromatic carbocycles. The second-order valence-corrected chi connectivity index (χ2v) is 5.65. The SMILES string of the molecule is Cn1cc([C@H]2CCCCN2C(=O)c2cccc(C#N)c2)cn1. The molecule has 5 nitrogen and oxygen atoms in total. The van der Waals surface area contributed by atoms with E-state index in [2.05, 4.69) is 11.2 Å². The van der Waals surface area contributed by atoms with Gasteiger partial charge in [-0.15, -0.1) is 0 Å². The number of nitriles is 1. The molecule has 0 radical (unpaired) electrons. The Bertz CT molecular complexity index is 728. The Labute approximate surface area is 129 Å². The van der Waals surface area contributed by atoms with Gasteiger partial charge in [-0.3, -0.25) is 9.48 Å². The van der Waals surface area contributed by atoms with Gasteiger partial charge in [-0.05, 0) is 37.5 Å². The van der Waals surface area contributed by atoms with Gasteiger partial charge >= 0.3 is 0 Å². The average Bonchev–Trinajstić information content (AvgIpc) is 3.00. The molecule has 1 aromatic heterocycles. The fourth-order valence-corrected chi connectivity index (χ4v) is 3.02. The van der Waals surface area contributed by atoms with Crippen LogP contribution in [0.5, 0.6) is 0 Å². The Morgan fingerprint density at radius 1 is 1.41 bits per heavy atom. The van der Waals surface area contributed by atoms with Gasteiger partial charge in [0.2, 0.25) is 0 Å². The van der Waals surface area contributed by atoms with Crippen molar-refractivity contribution in [2.45, 2.75) is 25.3 Å². The highest BCUT2D eigenvalue weighted by molar-refractivity contribution is 5.94. The summed E-state index contributed by atoms with van der Waals surface area (Å²) < 4.78 is 1.77. The first kappa shape index (κ1) is 14.3. The van der Waals surface area contributed by atoms with Gasteiger partial charge in [-0.2, -0.15) is 10.4 Å². The predicted molar refractivity (Wildman–Crippen MR) is 82.0 cm³/mol. The molecule has 1 amide bonds. The topological polar surface area (TPSA) is 61.9 Å². The third kappa shape index (κ3) is 2.73. The number of hydrogen-bond acceptors (Lipinski definition) is 3. The first-order valence-electron chi connectivity index (χ1n) is 7.49. The number of likely N-dealkylation sites (tertiary alicyclic amines) is 1. The lowest BCUT2D eigenvalue weighted by Crippen LogP contribution is -2.38. The Balaban J connectivity index is 1.90. The van der Waals surface area contributed by atoms with Crippen molar-refractivity contribution in [3.63, 3.8) is 0 Å². The number of aryl methyl sites for hydroxylation is 1. The molecular weight excluding hydrogens is 276 g/mol. The molecule has 0 saturated carbocycles. The number of aromatic nitrogens is 2. The minimum Gasteiger partial charge on any atom is -0.331 e. The second-order valence-electron chi connectivity index (χ2n) is 5.65. The number of carbonyl (C=O) groups excluding carboxylic acids is 1. The number of hydrogen-bond donors (Lipinski definition) is 0. The number of nitrogens with zero attached hydrogens (tertiary/aromatic N) is 4. The zero-order valence-corrected chi connectivity index (χ0v) is 12.6. The highest BCUT2D eigenvalue weighted by Gasteiger charge is 2.29. The Morgan fingerprint density at radius 3 is 3.00 bits per heavy atom. The lowest BCUT2D eigenvalue weighted by molar-refractivity contribution is 0.0611. The molecule has 2 heterocycles. The van der Waals surface area contributed by atoms with Crippen molar-refractivity contribution in [1.29, 1.82) is 5.26 Å². The quantitative estimate of drug-likeness (QED) is 0.855. The molecule has 0 bridgehead atoms. The van der Waals surface area contributed by atoms with E-state index in [-0.39, 0.29) is 11.9 Å². The van der Waals surface area contributed by atoms with Gasteiger partial charge in [-0.1, -0.05) is 6.07 Å². The molecular formula is C17H18N4O. The van der Waals surface area contributed by atoms with Crippen molar-refractivity contribution >= 4 is 5.91 Å². The standard InChI is InChI=1S/C17H18N4O/c1-20-12-15(11-19-20)16-7-2-3-8-21(16)17(22)14-6-4-5-13(9-14)10-18/h4-6,9,11-12,16H,2-3,7-8H2,1H3/t16-/m1/s1. The van der Waals surface area contributed by atoms with E-state index in [4.69, 9.17) is 5.26 Å². The van der Waals surface area contributed by atoms with E-state index in [0.717, 1.165) is 31.4 Å². The average molecular weight is 294 g/mol. The molecule has 3 rings (SSSR count). The Hall–Kier alpha value is -2.61. The van der Waals surface area contributed by atoms with Crippen LogP contribution in [0, 0.1) is 11.3 Å². The molecule has 1 aliphatic heterocycles. The molecule has 0 N–H and O–H groups in total. The lowest BCUT2D eigenvalue weighted by Gasteiger charge is -2.35. The van der Waals surface area contributed by atoms with Crippen LogP contribution >= 0.6 is 0 Å². The summed E-state index contributed by atoms with van der Waals surface area (Å²) in [7, 11) is 1.88. The van der Waals surface area contributed by atoms with Crippen molar-refractivity contribution in [3.05, 3.63) is 53.3 Å². The van der Waals surface area contributed by atoms with E-state index in [0.29, 0.717) is 11.1 Å². The minimum absolute atomic E-state index is 0.00865. The first-order valence-corrected chi connectivity index (χ1v) is 7.49. The summed E-state index contributed by atoms with van der Waals surface area (Å²) >= 11 is 0. The van der Waals surface area contributed by atoms with E-state index >= 15 is 0 Å². The predicted octanol–water partition coefficient (Wildman–Crippen LogP) is 2.66. The van der Waals surface area contributed by atoms with Crippen molar-refractivity contribution in [1.82, 2.24) is 14.7 Å². The molecule has 1 atom stereocenters. The van der Waals surface area contributed by atoms with Gasteiger partial charge in [0.15, 0.2) is 0 Å². The summed E-state index contributed by atoms with van der Waals surface area (Å²) in [5.41, 5.74) is 2.17. The Kier molecular flexibility index (Phi) is 3.92. The number of amides is 1. The molecule has 2 aromatic rings. The van der Waals surface area contributed by atoms with Crippen molar-refractivity contribution in [3.8, 4) is 6.07 Å². The minimum atomic E-state index is -0.00865. The van der Waals surface area contributed by atoms with Gasteiger partial charge < -0.3 is 4.90 Å². The summed E-state index contributed by atoms with van der Waals surface area (Å²) in [6.07, 6.45) is 6.89. The highest BCUT2D eigenvalue weighted by atomic mass is 16.2. The van der Waals surface area contributed by atoms with E-state index in [1.165, 1.54) is 0 Å². The normalized spacial score (nSPS) is 18.0. The van der Waals surface area contributed by atoms with Gasteiger partial charge in [0.05, 0.1) is 23.9 Å². The van der Waals surface area contributed by atoms with Crippen LogP contribution in [0.3, 0.4) is 0 Å². The summed E-state index contributed by atoms with van der Waals surface area (Å²) in [4.78, 5) is 14.8. The third-order valence-electron chi connectivity index (χ3n) is 4.11. The van der Waals surface area contributed by atoms with Crippen LogP contribution in [0.4, 0.5) is 0 Å². The molecule has 1 fully saturated rings. The molecule has 0 aliphatic carbocycles. The monoisotopic (exact) mass is 294 g/mol. The van der Waals surface area contributed by atoms with Crippen LogP contribution < -0.4 is 0 Å². The molecule has 112 valence electrons. The zero-order valence-electron chi connectivity index (χ0n) is 12.6. The highest BCUT2D eigenvalue weighted by Crippen LogP contribution is 2.31. The number of rotatable bonds is 2. The molecule has 1 saturated heterocycles. The van der Waals surface area contributed by atoms with E-state index in [1.54, 1.807) is 28.9 Å². The molecule has 5 heteroatoms. The van der Waals surface area contributed by atoms with Crippen LogP contribution in [0.2, 0.25) is 0 Å². The van der Waals surface area contributed by atoms with Gasteiger partial charge in [0, 0.05) is 30.9 Å². The van der Waals surface area contributed by atoms with Gasteiger partial charge in [-0.25, -0.2) is 0 Å². The van der Waals surface area contributed by atoms with E-state index < -0.39 is 0 Å². The number of benzene rings is 1. The van der Waals surface area contributed by atoms with Gasteiger partial charge in [0.25, 0.3) is 5.91 Å². The van der Waals surface area contributed by atoms with Crippen molar-refractivity contribution in [2.75, 3.05) is 6.54 Å². The number of carbonyl (C=O) groups is 1. The maximum atomic E-state index is 12.8. The summed E-state index contributed by atoms with van der Waals surface area (Å²) in [6.45, 7) is 0.745. The zero-order chi connectivity index (χ0) is 15.5. The van der Waals surface area contributed by atoms with E-state index in [1.807, 2.05) is 24.3 Å². The van der Waals surface area contributed by atoms with Crippen molar-refractivity contribution in [2.24, 2.45) is 7.05 Å². The van der Waals surface area contributed by atoms with E-state index in [9.17, 15) is 4.79 Å². The third-order valence-corrected chi connectivity index (χ3v) is 4.11. The van der Waals surface area contributed by atoms with Crippen LogP contribution in [-0.4, -0.2) is 27.1 Å². The molecule has 0 spiro atoms. The van der Waals surface area contributed by atoms with Crippen LogP contribution in [-0.2, 0) is 7.05 Å². The van der Waals surface area contributed by atoms with Crippen LogP contribution in [0.25, 0.3) is 0 Å². The van der Waals surface area contributed by atoms with Crippen molar-refractivity contribution < 1.29 is 4.79 Å². The number of piperidine rings is 1. The second kappa shape index (κ2) is 6.02. The van der Waals surface area contributed by atoms with Crippen LogP contribution in [0.1, 0.15) is 46.8 Å².